The maximum absolute atomic E-state index is 10.7. The molecule has 2 rings (SSSR count). The lowest BCUT2D eigenvalue weighted by atomic mass is 9.96. The lowest BCUT2D eigenvalue weighted by Crippen LogP contribution is -2.40. The van der Waals surface area contributed by atoms with Crippen molar-refractivity contribution in [2.75, 3.05) is 32.8 Å². The third-order valence-electron chi connectivity index (χ3n) is 4.10. The summed E-state index contributed by atoms with van der Waals surface area (Å²) in [5.74, 6) is 3.00. The lowest BCUT2D eigenvalue weighted by molar-refractivity contribution is 0.0656. The van der Waals surface area contributed by atoms with Gasteiger partial charge in [-0.25, -0.2) is 4.99 Å². The zero-order valence-corrected chi connectivity index (χ0v) is 15.3. The highest BCUT2D eigenvalue weighted by molar-refractivity contribution is 5.79. The second-order valence-corrected chi connectivity index (χ2v) is 6.74. The van der Waals surface area contributed by atoms with Crippen molar-refractivity contribution >= 4 is 5.96 Å². The fraction of sp³-hybridized carbons (Fsp3) is 0.722. The van der Waals surface area contributed by atoms with Gasteiger partial charge in [-0.3, -0.25) is 0 Å². The quantitative estimate of drug-likeness (QED) is 0.365. The predicted molar refractivity (Wildman–Crippen MR) is 95.3 cm³/mol. The molecule has 0 amide bonds. The van der Waals surface area contributed by atoms with Crippen LogP contribution in [0.15, 0.2) is 15.5 Å². The van der Waals surface area contributed by atoms with Gasteiger partial charge in [-0.15, -0.1) is 0 Å². The fourth-order valence-electron chi connectivity index (χ4n) is 2.60. The van der Waals surface area contributed by atoms with E-state index in [-0.39, 0.29) is 6.54 Å². The van der Waals surface area contributed by atoms with E-state index in [1.54, 1.807) is 6.92 Å². The molecule has 136 valence electrons. The zero-order chi connectivity index (χ0) is 17.6. The first kappa shape index (κ1) is 18.8. The monoisotopic (exact) mass is 337 g/mol. The molecule has 0 aliphatic heterocycles. The van der Waals surface area contributed by atoms with Crippen LogP contribution < -0.4 is 10.6 Å². The summed E-state index contributed by atoms with van der Waals surface area (Å²) < 4.78 is 11.1. The summed E-state index contributed by atoms with van der Waals surface area (Å²) in [5, 5.41) is 17.2. The van der Waals surface area contributed by atoms with Crippen LogP contribution in [0, 0.1) is 19.8 Å². The standard InChI is InChI=1S/C18H31N3O3/c1-5-19-17(20-8-9-23-11-15-6-7-15)21-12-18(4,22)16-10-13(2)24-14(16)3/h10,15,22H,5-9,11-12H2,1-4H3,(H2,19,20,21). The van der Waals surface area contributed by atoms with Gasteiger partial charge >= 0.3 is 0 Å². The van der Waals surface area contributed by atoms with Crippen LogP contribution in [-0.2, 0) is 10.3 Å². The minimum Gasteiger partial charge on any atom is -0.466 e. The largest absolute Gasteiger partial charge is 0.466 e. The molecule has 1 heterocycles. The van der Waals surface area contributed by atoms with Crippen molar-refractivity contribution in [3.05, 3.63) is 23.2 Å². The molecule has 1 aromatic rings. The molecule has 0 spiro atoms. The maximum Gasteiger partial charge on any atom is 0.191 e. The number of nitrogens with zero attached hydrogens (tertiary/aromatic N) is 1. The van der Waals surface area contributed by atoms with E-state index >= 15 is 0 Å². The highest BCUT2D eigenvalue weighted by Gasteiger charge is 2.27. The molecule has 1 aliphatic carbocycles. The third-order valence-corrected chi connectivity index (χ3v) is 4.10. The van der Waals surface area contributed by atoms with E-state index in [0.717, 1.165) is 36.2 Å². The van der Waals surface area contributed by atoms with Crippen molar-refractivity contribution in [2.45, 2.75) is 46.1 Å². The number of ether oxygens (including phenoxy) is 1. The normalized spacial score (nSPS) is 17.6. The number of guanidine groups is 1. The van der Waals surface area contributed by atoms with Crippen LogP contribution >= 0.6 is 0 Å². The van der Waals surface area contributed by atoms with Crippen molar-refractivity contribution < 1.29 is 14.3 Å². The average Bonchev–Trinajstić information content (AvgIpc) is 3.27. The van der Waals surface area contributed by atoms with Crippen LogP contribution in [0.3, 0.4) is 0 Å². The maximum atomic E-state index is 10.7. The SMILES string of the molecule is CCNC(=NCC(C)(O)c1cc(C)oc1C)NCCOCC1CC1. The molecular weight excluding hydrogens is 306 g/mol. The van der Waals surface area contributed by atoms with Crippen molar-refractivity contribution in [1.29, 1.82) is 0 Å². The Labute approximate surface area is 144 Å². The molecule has 0 radical (unpaired) electrons. The van der Waals surface area contributed by atoms with Crippen molar-refractivity contribution in [3.8, 4) is 0 Å². The van der Waals surface area contributed by atoms with Crippen LogP contribution in [0.1, 0.15) is 43.8 Å². The number of rotatable bonds is 9. The van der Waals surface area contributed by atoms with E-state index in [9.17, 15) is 5.11 Å². The number of nitrogens with one attached hydrogen (secondary N) is 2. The van der Waals surface area contributed by atoms with Crippen molar-refractivity contribution in [2.24, 2.45) is 10.9 Å². The van der Waals surface area contributed by atoms with Gasteiger partial charge in [-0.05, 0) is 52.5 Å². The lowest BCUT2D eigenvalue weighted by Gasteiger charge is -2.21. The van der Waals surface area contributed by atoms with Crippen LogP contribution in [-0.4, -0.2) is 43.9 Å². The van der Waals surface area contributed by atoms with Gasteiger partial charge in [-0.2, -0.15) is 0 Å². The Morgan fingerprint density at radius 2 is 2.17 bits per heavy atom. The van der Waals surface area contributed by atoms with Crippen LogP contribution in [0.4, 0.5) is 0 Å². The van der Waals surface area contributed by atoms with Gasteiger partial charge in [-0.1, -0.05) is 0 Å². The van der Waals surface area contributed by atoms with Gasteiger partial charge in [0.1, 0.15) is 17.1 Å². The molecule has 6 nitrogen and oxygen atoms in total. The van der Waals surface area contributed by atoms with E-state index in [2.05, 4.69) is 15.6 Å². The topological polar surface area (TPSA) is 79.0 Å². The zero-order valence-electron chi connectivity index (χ0n) is 15.3. The van der Waals surface area contributed by atoms with Crippen molar-refractivity contribution in [1.82, 2.24) is 10.6 Å². The van der Waals surface area contributed by atoms with E-state index in [1.165, 1.54) is 12.8 Å². The average molecular weight is 337 g/mol. The molecule has 0 bridgehead atoms. The highest BCUT2D eigenvalue weighted by atomic mass is 16.5. The molecule has 6 heteroatoms. The first-order valence-electron chi connectivity index (χ1n) is 8.82. The number of aliphatic hydroxyl groups is 1. The van der Waals surface area contributed by atoms with Gasteiger partial charge in [0.25, 0.3) is 0 Å². The van der Waals surface area contributed by atoms with Gasteiger partial charge < -0.3 is 24.9 Å². The first-order valence-corrected chi connectivity index (χ1v) is 8.82. The third kappa shape index (κ3) is 5.83. The summed E-state index contributed by atoms with van der Waals surface area (Å²) >= 11 is 0. The number of furan rings is 1. The summed E-state index contributed by atoms with van der Waals surface area (Å²) in [6, 6.07) is 1.87. The smallest absolute Gasteiger partial charge is 0.191 e. The number of hydrogen-bond donors (Lipinski definition) is 3. The van der Waals surface area contributed by atoms with Crippen molar-refractivity contribution in [3.63, 3.8) is 0 Å². The highest BCUT2D eigenvalue weighted by Crippen LogP contribution is 2.28. The van der Waals surface area contributed by atoms with E-state index in [4.69, 9.17) is 9.15 Å². The molecule has 1 fully saturated rings. The molecule has 1 unspecified atom stereocenters. The Hall–Kier alpha value is -1.53. The molecule has 1 saturated carbocycles. The van der Waals surface area contributed by atoms with E-state index < -0.39 is 5.60 Å². The van der Waals surface area contributed by atoms with Gasteiger partial charge in [0, 0.05) is 25.3 Å². The molecule has 1 aromatic heterocycles. The predicted octanol–water partition coefficient (Wildman–Crippen LogP) is 2.09. The molecule has 1 atom stereocenters. The minimum atomic E-state index is -1.06. The van der Waals surface area contributed by atoms with Crippen LogP contribution in [0.25, 0.3) is 0 Å². The summed E-state index contributed by atoms with van der Waals surface area (Å²) in [4.78, 5) is 4.50. The molecule has 1 aliphatic rings. The van der Waals surface area contributed by atoms with Gasteiger partial charge in [0.2, 0.25) is 0 Å². The summed E-state index contributed by atoms with van der Waals surface area (Å²) in [5.41, 5.74) is -0.278. The second-order valence-electron chi connectivity index (χ2n) is 6.74. The van der Waals surface area contributed by atoms with E-state index in [0.29, 0.717) is 19.1 Å². The molecule has 0 aromatic carbocycles. The molecule has 24 heavy (non-hydrogen) atoms. The Morgan fingerprint density at radius 1 is 1.42 bits per heavy atom. The molecular formula is C18H31N3O3. The number of aryl methyl sites for hydroxylation is 2. The summed E-state index contributed by atoms with van der Waals surface area (Å²) in [6.45, 7) is 10.8. The summed E-state index contributed by atoms with van der Waals surface area (Å²) in [7, 11) is 0. The Kier molecular flexibility index (Phi) is 6.69. The Bertz CT molecular complexity index is 548. The second kappa shape index (κ2) is 8.53. The molecule has 3 N–H and O–H groups in total. The van der Waals surface area contributed by atoms with E-state index in [1.807, 2.05) is 26.8 Å². The van der Waals surface area contributed by atoms with Crippen LogP contribution in [0.5, 0.6) is 0 Å². The Morgan fingerprint density at radius 3 is 2.75 bits per heavy atom. The fourth-order valence-corrected chi connectivity index (χ4v) is 2.60. The Balaban J connectivity index is 1.84. The minimum absolute atomic E-state index is 0.255. The van der Waals surface area contributed by atoms with Gasteiger partial charge in [0.05, 0.1) is 13.2 Å². The number of aliphatic imine (C=N–C) groups is 1. The summed E-state index contributed by atoms with van der Waals surface area (Å²) in [6.07, 6.45) is 2.61. The first-order chi connectivity index (χ1) is 11.4. The number of hydrogen-bond acceptors (Lipinski definition) is 4. The van der Waals surface area contributed by atoms with Crippen LogP contribution in [0.2, 0.25) is 0 Å². The van der Waals surface area contributed by atoms with Gasteiger partial charge in [0.15, 0.2) is 5.96 Å². The molecule has 0 saturated heterocycles.